The van der Waals surface area contributed by atoms with Gasteiger partial charge in [0.05, 0.1) is 6.54 Å². The van der Waals surface area contributed by atoms with Crippen molar-refractivity contribution in [3.8, 4) is 0 Å². The highest BCUT2D eigenvalue weighted by Gasteiger charge is 2.29. The first-order valence-electron chi connectivity index (χ1n) is 9.52. The number of imide groups is 1. The van der Waals surface area contributed by atoms with E-state index >= 15 is 0 Å². The van der Waals surface area contributed by atoms with Crippen molar-refractivity contribution in [2.75, 3.05) is 13.1 Å². The zero-order valence-corrected chi connectivity index (χ0v) is 16.0. The number of hydrogen-bond donors (Lipinski definition) is 2. The largest absolute Gasteiger partial charge is 0.338 e. The lowest BCUT2D eigenvalue weighted by Crippen LogP contribution is -2.44. The van der Waals surface area contributed by atoms with E-state index in [1.165, 1.54) is 16.7 Å². The lowest BCUT2D eigenvalue weighted by Gasteiger charge is -2.29. The molecule has 2 aromatic rings. The van der Waals surface area contributed by atoms with Crippen LogP contribution in [0, 0.1) is 6.92 Å². The van der Waals surface area contributed by atoms with Crippen LogP contribution in [0.4, 0.5) is 4.79 Å². The fraction of sp³-hybridized carbons (Fsp3) is 0.364. The fourth-order valence-corrected chi connectivity index (χ4v) is 3.67. The van der Waals surface area contributed by atoms with E-state index in [2.05, 4.69) is 71.0 Å². The molecule has 0 radical (unpaired) electrons. The van der Waals surface area contributed by atoms with Gasteiger partial charge < -0.3 is 5.32 Å². The molecule has 2 aromatic carbocycles. The van der Waals surface area contributed by atoms with Gasteiger partial charge in [0.15, 0.2) is 0 Å². The van der Waals surface area contributed by atoms with E-state index in [0.717, 1.165) is 18.4 Å². The van der Waals surface area contributed by atoms with Crippen LogP contribution in [-0.2, 0) is 17.8 Å². The van der Waals surface area contributed by atoms with Crippen molar-refractivity contribution >= 4 is 11.9 Å². The summed E-state index contributed by atoms with van der Waals surface area (Å²) in [6, 6.07) is 16.5. The van der Waals surface area contributed by atoms with Gasteiger partial charge in [-0.15, -0.1) is 0 Å². The van der Waals surface area contributed by atoms with Gasteiger partial charge in [-0.1, -0.05) is 54.1 Å². The highest BCUT2D eigenvalue weighted by atomic mass is 16.2. The molecular weight excluding hydrogens is 338 g/mol. The quantitative estimate of drug-likeness (QED) is 0.825. The normalized spacial score (nSPS) is 15.4. The van der Waals surface area contributed by atoms with Gasteiger partial charge in [-0.05, 0) is 43.4 Å². The van der Waals surface area contributed by atoms with Crippen LogP contribution in [0.15, 0.2) is 48.5 Å². The van der Waals surface area contributed by atoms with Crippen molar-refractivity contribution in [3.05, 3.63) is 70.8 Å². The van der Waals surface area contributed by atoms with Crippen LogP contribution in [-0.4, -0.2) is 29.9 Å². The first-order chi connectivity index (χ1) is 13.1. The molecule has 1 aliphatic rings. The summed E-state index contributed by atoms with van der Waals surface area (Å²) < 4.78 is 0. The van der Waals surface area contributed by atoms with Crippen LogP contribution < -0.4 is 10.6 Å². The van der Waals surface area contributed by atoms with E-state index in [1.807, 2.05) is 6.92 Å². The Labute approximate surface area is 160 Å². The van der Waals surface area contributed by atoms with Crippen LogP contribution in [0.5, 0.6) is 0 Å². The number of urea groups is 1. The molecule has 0 bridgehead atoms. The average Bonchev–Trinajstić information content (AvgIpc) is 3.07. The molecule has 3 amide bonds. The highest BCUT2D eigenvalue weighted by Crippen LogP contribution is 2.36. The summed E-state index contributed by atoms with van der Waals surface area (Å²) in [5.41, 5.74) is 5.01. The zero-order valence-electron chi connectivity index (χ0n) is 16.0. The first-order valence-corrected chi connectivity index (χ1v) is 9.52. The Kier molecular flexibility index (Phi) is 6.24. The van der Waals surface area contributed by atoms with E-state index in [9.17, 15) is 9.59 Å². The molecule has 3 rings (SSSR count). The fourth-order valence-electron chi connectivity index (χ4n) is 3.67. The molecule has 1 unspecified atom stereocenters. The second kappa shape index (κ2) is 8.82. The lowest BCUT2D eigenvalue weighted by atomic mass is 10.1. The Balaban J connectivity index is 1.77. The van der Waals surface area contributed by atoms with E-state index < -0.39 is 6.03 Å². The number of aryl methyl sites for hydroxylation is 2. The van der Waals surface area contributed by atoms with Crippen LogP contribution in [0.1, 0.15) is 41.6 Å². The van der Waals surface area contributed by atoms with Crippen LogP contribution in [0.25, 0.3) is 0 Å². The molecule has 142 valence electrons. The number of benzene rings is 2. The number of hydrogen-bond acceptors (Lipinski definition) is 3. The predicted octanol–water partition coefficient (Wildman–Crippen LogP) is 3.33. The molecule has 0 aliphatic heterocycles. The molecule has 2 N–H and O–H groups in total. The van der Waals surface area contributed by atoms with E-state index in [-0.39, 0.29) is 18.5 Å². The number of carbonyl (C=O) groups is 2. The minimum Gasteiger partial charge on any atom is -0.338 e. The minimum absolute atomic E-state index is 0.183. The van der Waals surface area contributed by atoms with Gasteiger partial charge in [-0.2, -0.15) is 0 Å². The molecule has 1 atom stereocenters. The summed E-state index contributed by atoms with van der Waals surface area (Å²) in [7, 11) is 0. The molecule has 0 saturated heterocycles. The van der Waals surface area contributed by atoms with Crippen molar-refractivity contribution in [2.24, 2.45) is 0 Å². The maximum absolute atomic E-state index is 12.4. The highest BCUT2D eigenvalue weighted by molar-refractivity contribution is 5.95. The van der Waals surface area contributed by atoms with Crippen molar-refractivity contribution < 1.29 is 9.59 Å². The van der Waals surface area contributed by atoms with Crippen molar-refractivity contribution in [1.29, 1.82) is 0 Å². The van der Waals surface area contributed by atoms with Gasteiger partial charge in [-0.3, -0.25) is 15.0 Å². The minimum atomic E-state index is -0.440. The van der Waals surface area contributed by atoms with Gasteiger partial charge >= 0.3 is 6.03 Å². The van der Waals surface area contributed by atoms with Gasteiger partial charge in [0.25, 0.3) is 0 Å². The Hall–Kier alpha value is -2.66. The van der Waals surface area contributed by atoms with Crippen molar-refractivity contribution in [3.63, 3.8) is 0 Å². The van der Waals surface area contributed by atoms with E-state index in [4.69, 9.17) is 0 Å². The van der Waals surface area contributed by atoms with Crippen molar-refractivity contribution in [2.45, 2.75) is 39.3 Å². The summed E-state index contributed by atoms with van der Waals surface area (Å²) in [6.07, 6.45) is 2.00. The monoisotopic (exact) mass is 365 g/mol. The number of fused-ring (bicyclic) bond motifs is 1. The molecule has 5 nitrogen and oxygen atoms in total. The second-order valence-corrected chi connectivity index (χ2v) is 7.05. The lowest BCUT2D eigenvalue weighted by molar-refractivity contribution is -0.121. The third kappa shape index (κ3) is 4.95. The number of nitrogens with one attached hydrogen (secondary N) is 2. The Morgan fingerprint density at radius 1 is 1.11 bits per heavy atom. The molecule has 0 spiro atoms. The summed E-state index contributed by atoms with van der Waals surface area (Å²) >= 11 is 0. The third-order valence-corrected chi connectivity index (χ3v) is 4.99. The Bertz CT molecular complexity index is 801. The van der Waals surface area contributed by atoms with Gasteiger partial charge in [-0.25, -0.2) is 4.79 Å². The van der Waals surface area contributed by atoms with Gasteiger partial charge in [0.1, 0.15) is 0 Å². The van der Waals surface area contributed by atoms with E-state index in [1.54, 1.807) is 0 Å². The van der Waals surface area contributed by atoms with E-state index in [0.29, 0.717) is 13.1 Å². The first kappa shape index (κ1) is 19.1. The molecule has 0 aromatic heterocycles. The maximum Gasteiger partial charge on any atom is 0.321 e. The Morgan fingerprint density at radius 2 is 1.85 bits per heavy atom. The number of rotatable bonds is 6. The molecule has 0 saturated carbocycles. The topological polar surface area (TPSA) is 61.4 Å². The maximum atomic E-state index is 12.4. The predicted molar refractivity (Wildman–Crippen MR) is 106 cm³/mol. The Morgan fingerprint density at radius 3 is 2.59 bits per heavy atom. The summed E-state index contributed by atoms with van der Waals surface area (Å²) in [5, 5.41) is 5.02. The van der Waals surface area contributed by atoms with Gasteiger partial charge in [0, 0.05) is 19.1 Å². The zero-order chi connectivity index (χ0) is 19.2. The summed E-state index contributed by atoms with van der Waals surface area (Å²) in [6.45, 7) is 5.23. The molecule has 27 heavy (non-hydrogen) atoms. The van der Waals surface area contributed by atoms with Crippen LogP contribution in [0.3, 0.4) is 0 Å². The number of carbonyl (C=O) groups excluding carboxylic acids is 2. The second-order valence-electron chi connectivity index (χ2n) is 7.05. The molecule has 1 aliphatic carbocycles. The molecule has 0 fully saturated rings. The standard InChI is InChI=1S/C22H27N3O2/c1-3-23-22(27)24-21(26)15-25(14-17-10-8-16(2)9-11-17)20-13-12-18-6-4-5-7-19(18)20/h4-11,20H,3,12-15H2,1-2H3,(H2,23,24,26,27). The SMILES string of the molecule is CCNC(=O)NC(=O)CN(Cc1ccc(C)cc1)C1CCc2ccccc21. The van der Waals surface area contributed by atoms with Gasteiger partial charge in [0.2, 0.25) is 5.91 Å². The molecule has 0 heterocycles. The van der Waals surface area contributed by atoms with Crippen LogP contribution >= 0.6 is 0 Å². The van der Waals surface area contributed by atoms with Crippen LogP contribution in [0.2, 0.25) is 0 Å². The molecule has 5 heteroatoms. The van der Waals surface area contributed by atoms with Crippen molar-refractivity contribution in [1.82, 2.24) is 15.5 Å². The smallest absolute Gasteiger partial charge is 0.321 e. The number of nitrogens with zero attached hydrogens (tertiary/aromatic N) is 1. The third-order valence-electron chi connectivity index (χ3n) is 4.99. The average molecular weight is 365 g/mol. The summed E-state index contributed by atoms with van der Waals surface area (Å²) in [4.78, 5) is 26.3. The summed E-state index contributed by atoms with van der Waals surface area (Å²) in [5.74, 6) is -0.280. The molecular formula is C22H27N3O2. The number of amides is 3.